The molecule has 1 aliphatic rings. The van der Waals surface area contributed by atoms with Crippen molar-refractivity contribution in [3.63, 3.8) is 0 Å². The lowest BCUT2D eigenvalue weighted by molar-refractivity contribution is -0.0450. The first kappa shape index (κ1) is 24.6. The van der Waals surface area contributed by atoms with E-state index in [4.69, 9.17) is 19.4 Å². The van der Waals surface area contributed by atoms with Crippen LogP contribution < -0.4 is 11.2 Å². The fraction of sp³-hybridized carbons (Fsp3) is 0.556. The zero-order valence-electron chi connectivity index (χ0n) is 13.9. The molecule has 5 atom stereocenters. The average Bonchev–Trinajstić information content (AvgIpc) is 2.88. The Morgan fingerprint density at radius 3 is 2.34 bits per heavy atom. The van der Waals surface area contributed by atoms with E-state index in [2.05, 4.69) is 26.0 Å². The van der Waals surface area contributed by atoms with Gasteiger partial charge in [0.05, 0.1) is 12.7 Å². The number of nitrogens with zero attached hydrogens (tertiary/aromatic N) is 2. The highest BCUT2D eigenvalue weighted by atomic mass is 32.1. The summed E-state index contributed by atoms with van der Waals surface area (Å²) in [5.74, 6) is 0. The summed E-state index contributed by atoms with van der Waals surface area (Å²) in [6.45, 7) is -0.892. The summed E-state index contributed by atoms with van der Waals surface area (Å²) in [4.78, 5) is 58.7. The maximum Gasteiger partial charge on any atom is 0.490 e. The van der Waals surface area contributed by atoms with Crippen LogP contribution in [0.3, 0.4) is 0 Å². The third-order valence-electron chi connectivity index (χ3n) is 3.32. The van der Waals surface area contributed by atoms with Crippen LogP contribution in [0, 0.1) is 0 Å². The molecule has 1 aromatic rings. The van der Waals surface area contributed by atoms with Crippen molar-refractivity contribution in [1.29, 1.82) is 0 Å². The molecule has 0 bridgehead atoms. The van der Waals surface area contributed by atoms with Crippen LogP contribution in [0.25, 0.3) is 0 Å². The Kier molecular flexibility index (Phi) is 7.51. The molecule has 20 heteroatoms. The van der Waals surface area contributed by atoms with Gasteiger partial charge in [0, 0.05) is 18.7 Å². The topological polar surface area (TPSA) is 233 Å². The van der Waals surface area contributed by atoms with Gasteiger partial charge in [-0.05, 0) is 0 Å². The van der Waals surface area contributed by atoms with Crippen molar-refractivity contribution in [2.75, 3.05) is 6.61 Å². The van der Waals surface area contributed by atoms with Gasteiger partial charge in [0.2, 0.25) is 0 Å². The minimum Gasteiger partial charge on any atom is -0.390 e. The highest BCUT2D eigenvalue weighted by molar-refractivity contribution is 7.78. The quantitative estimate of drug-likeness (QED) is 0.180. The molecular formula is C9H15N2O14P3S. The van der Waals surface area contributed by atoms with E-state index in [9.17, 15) is 33.3 Å². The van der Waals surface area contributed by atoms with Crippen LogP contribution in [0.5, 0.6) is 0 Å². The number of phosphoric acid groups is 3. The van der Waals surface area contributed by atoms with Gasteiger partial charge in [0.15, 0.2) is 0 Å². The summed E-state index contributed by atoms with van der Waals surface area (Å²) in [7, 11) is -16.6. The second-order valence-electron chi connectivity index (χ2n) is 5.47. The third kappa shape index (κ3) is 6.94. The fourth-order valence-electron chi connectivity index (χ4n) is 2.21. The number of hydrogen-bond acceptors (Lipinski definition) is 11. The van der Waals surface area contributed by atoms with Crippen LogP contribution in [0.4, 0.5) is 0 Å². The van der Waals surface area contributed by atoms with Crippen molar-refractivity contribution in [2.45, 2.75) is 24.9 Å². The Bertz CT molecular complexity index is 1020. The van der Waals surface area contributed by atoms with Gasteiger partial charge in [-0.1, -0.05) is 12.8 Å². The summed E-state index contributed by atoms with van der Waals surface area (Å²) in [5.41, 5.74) is -1.59. The number of aliphatic hydroxyl groups is 1. The number of rotatable bonds is 8. The molecule has 1 aliphatic heterocycles. The molecule has 0 amide bonds. The summed E-state index contributed by atoms with van der Waals surface area (Å²) < 4.78 is 51.6. The Hall–Kier alpha value is -0.640. The van der Waals surface area contributed by atoms with Gasteiger partial charge in [-0.2, -0.15) is 8.62 Å². The van der Waals surface area contributed by atoms with Crippen LogP contribution >= 0.6 is 36.3 Å². The Balaban J connectivity index is 2.03. The van der Waals surface area contributed by atoms with Crippen LogP contribution in [-0.2, 0) is 31.6 Å². The molecule has 3 unspecified atom stereocenters. The minimum atomic E-state index is -5.68. The molecule has 0 saturated carbocycles. The highest BCUT2D eigenvalue weighted by Crippen LogP contribution is 2.66. The van der Waals surface area contributed by atoms with Gasteiger partial charge in [0.1, 0.15) is 12.3 Å². The maximum absolute atomic E-state index is 12.0. The minimum absolute atomic E-state index is 0.198. The fourth-order valence-corrected chi connectivity index (χ4v) is 5.41. The monoisotopic (exact) mass is 500 g/mol. The van der Waals surface area contributed by atoms with Gasteiger partial charge >= 0.3 is 29.2 Å². The lowest BCUT2D eigenvalue weighted by Crippen LogP contribution is -2.36. The molecule has 166 valence electrons. The van der Waals surface area contributed by atoms with Crippen LogP contribution in [0.1, 0.15) is 12.6 Å². The molecule has 1 aromatic heterocycles. The first-order valence-electron chi connectivity index (χ1n) is 7.25. The highest BCUT2D eigenvalue weighted by Gasteiger charge is 2.42. The Morgan fingerprint density at radius 2 is 1.76 bits per heavy atom. The standard InChI is InChI=1S/C9H15N2O14P3S/c12-5-3-8(10-2-1-7(13)11(29)9(10)14)23-6(5)4-22-27(18,19)25-28(20,21)24-26(15,16)17/h1-2,5-6,8,12,29H,3-4H2,(H,18,19)(H,20,21)(H2,15,16,17)/t5?,6-,8-/m1/s1. The van der Waals surface area contributed by atoms with E-state index >= 15 is 0 Å². The van der Waals surface area contributed by atoms with E-state index in [0.717, 1.165) is 16.8 Å². The third-order valence-corrected chi connectivity index (χ3v) is 7.49. The predicted molar refractivity (Wildman–Crippen MR) is 93.7 cm³/mol. The first-order chi connectivity index (χ1) is 13.1. The van der Waals surface area contributed by atoms with Crippen LogP contribution in [0.15, 0.2) is 21.9 Å². The SMILES string of the molecule is O=c1ccn([C@H]2CC(O)[C@@H](COP(=O)(O)OP(=O)(O)OP(=O)(O)O)O2)c(=O)n1S. The maximum atomic E-state index is 12.0. The summed E-state index contributed by atoms with van der Waals surface area (Å²) in [5, 5.41) is 9.97. The van der Waals surface area contributed by atoms with E-state index in [0.29, 0.717) is 3.97 Å². The van der Waals surface area contributed by atoms with Gasteiger partial charge < -0.3 is 29.4 Å². The van der Waals surface area contributed by atoms with Crippen molar-refractivity contribution in [1.82, 2.24) is 8.54 Å². The summed E-state index contributed by atoms with van der Waals surface area (Å²) >= 11 is 3.69. The number of hydrogen-bond donors (Lipinski definition) is 6. The molecule has 2 rings (SSSR count). The molecule has 0 aromatic carbocycles. The normalized spacial score (nSPS) is 26.8. The summed E-state index contributed by atoms with van der Waals surface area (Å²) in [6.07, 6.45) is -2.88. The number of aliphatic hydroxyl groups excluding tert-OH is 1. The molecule has 16 nitrogen and oxygen atoms in total. The van der Waals surface area contributed by atoms with E-state index in [1.54, 1.807) is 0 Å². The lowest BCUT2D eigenvalue weighted by Gasteiger charge is -2.19. The lowest BCUT2D eigenvalue weighted by atomic mass is 10.2. The van der Waals surface area contributed by atoms with Crippen molar-refractivity contribution < 1.29 is 56.3 Å². The molecule has 1 fully saturated rings. The van der Waals surface area contributed by atoms with Crippen LogP contribution in [0.2, 0.25) is 0 Å². The van der Waals surface area contributed by atoms with Gasteiger partial charge in [0.25, 0.3) is 5.56 Å². The molecular weight excluding hydrogens is 485 g/mol. The van der Waals surface area contributed by atoms with Crippen molar-refractivity contribution in [3.8, 4) is 0 Å². The molecule has 29 heavy (non-hydrogen) atoms. The molecule has 0 aliphatic carbocycles. The van der Waals surface area contributed by atoms with Crippen molar-refractivity contribution >= 4 is 36.3 Å². The van der Waals surface area contributed by atoms with Crippen LogP contribution in [-0.4, -0.2) is 52.0 Å². The Labute approximate surface area is 166 Å². The number of phosphoric ester groups is 1. The number of thiol groups is 1. The largest absolute Gasteiger partial charge is 0.490 e. The summed E-state index contributed by atoms with van der Waals surface area (Å²) in [6, 6.07) is 1.00. The second-order valence-corrected chi connectivity index (χ2v) is 10.3. The first-order valence-corrected chi connectivity index (χ1v) is 12.2. The van der Waals surface area contributed by atoms with Gasteiger partial charge in [-0.3, -0.25) is 13.9 Å². The van der Waals surface area contributed by atoms with Gasteiger partial charge in [-0.25, -0.2) is 22.5 Å². The van der Waals surface area contributed by atoms with Crippen molar-refractivity contribution in [3.05, 3.63) is 33.1 Å². The molecule has 0 spiro atoms. The van der Waals surface area contributed by atoms with Gasteiger partial charge in [-0.15, -0.1) is 0 Å². The number of ether oxygens (including phenoxy) is 1. The average molecular weight is 500 g/mol. The Morgan fingerprint density at radius 1 is 1.14 bits per heavy atom. The molecule has 0 radical (unpaired) electrons. The van der Waals surface area contributed by atoms with E-state index < -0.39 is 59.8 Å². The molecule has 1 saturated heterocycles. The van der Waals surface area contributed by atoms with E-state index in [1.165, 1.54) is 0 Å². The zero-order chi connectivity index (χ0) is 22.2. The van der Waals surface area contributed by atoms with E-state index in [-0.39, 0.29) is 6.42 Å². The molecule has 5 N–H and O–H groups in total. The predicted octanol–water partition coefficient (Wildman–Crippen LogP) is -1.31. The second kappa shape index (κ2) is 8.85. The zero-order valence-corrected chi connectivity index (χ0v) is 17.5. The van der Waals surface area contributed by atoms with Crippen molar-refractivity contribution in [2.24, 2.45) is 0 Å². The smallest absolute Gasteiger partial charge is 0.390 e. The number of aromatic nitrogens is 2. The molecule has 2 heterocycles. The van der Waals surface area contributed by atoms with E-state index in [1.807, 2.05) is 0 Å².